The minimum atomic E-state index is -1.36. The number of aliphatic hydroxyl groups is 2. The third-order valence-electron chi connectivity index (χ3n) is 4.43. The van der Waals surface area contributed by atoms with E-state index in [9.17, 15) is 19.8 Å². The smallest absolute Gasteiger partial charge is 0.420 e. The standard InChI is InChI=1S/C23H37NO6/c1-20(2,3)29-18(25)24(19(26)30-21(4,5)6)15-17-12-10-11-16(13-17)14-23(9,28)22(7,8)27/h10-13,27-28H,14-15H2,1-9H3. The molecular formula is C23H37NO6. The molecule has 1 aromatic rings. The van der Waals surface area contributed by atoms with Gasteiger partial charge in [0.1, 0.15) is 11.2 Å². The first-order valence-electron chi connectivity index (χ1n) is 10.1. The molecule has 7 heteroatoms. The molecule has 1 atom stereocenters. The van der Waals surface area contributed by atoms with E-state index in [1.54, 1.807) is 80.5 Å². The van der Waals surface area contributed by atoms with Crippen LogP contribution in [0.2, 0.25) is 0 Å². The molecule has 0 bridgehead atoms. The average Bonchev–Trinajstić information content (AvgIpc) is 2.47. The summed E-state index contributed by atoms with van der Waals surface area (Å²) in [6, 6.07) is 7.13. The Morgan fingerprint density at radius 1 is 0.833 bits per heavy atom. The van der Waals surface area contributed by atoms with Crippen LogP contribution < -0.4 is 0 Å². The number of hydrogen-bond acceptors (Lipinski definition) is 6. The fourth-order valence-electron chi connectivity index (χ4n) is 2.47. The molecule has 0 heterocycles. The van der Waals surface area contributed by atoms with E-state index in [1.165, 1.54) is 0 Å². The largest absolute Gasteiger partial charge is 0.443 e. The van der Waals surface area contributed by atoms with Crippen LogP contribution in [-0.4, -0.2) is 49.7 Å². The molecule has 0 aliphatic rings. The van der Waals surface area contributed by atoms with Gasteiger partial charge in [0, 0.05) is 6.42 Å². The molecule has 0 aliphatic carbocycles. The second kappa shape index (κ2) is 8.94. The fraction of sp³-hybridized carbons (Fsp3) is 0.652. The molecule has 0 aliphatic heterocycles. The molecule has 1 rings (SSSR count). The summed E-state index contributed by atoms with van der Waals surface area (Å²) in [6.45, 7) is 14.9. The minimum absolute atomic E-state index is 0.0532. The summed E-state index contributed by atoms with van der Waals surface area (Å²) >= 11 is 0. The van der Waals surface area contributed by atoms with Gasteiger partial charge in [0.2, 0.25) is 0 Å². The quantitative estimate of drug-likeness (QED) is 0.728. The van der Waals surface area contributed by atoms with Gasteiger partial charge >= 0.3 is 12.2 Å². The normalized spacial score (nSPS) is 14.6. The first kappa shape index (κ1) is 25.9. The Balaban J connectivity index is 3.14. The third kappa shape index (κ3) is 8.32. The van der Waals surface area contributed by atoms with Gasteiger partial charge in [0.25, 0.3) is 0 Å². The minimum Gasteiger partial charge on any atom is -0.443 e. The molecular weight excluding hydrogens is 386 g/mol. The Morgan fingerprint density at radius 3 is 1.67 bits per heavy atom. The number of hydrogen-bond donors (Lipinski definition) is 2. The number of benzene rings is 1. The van der Waals surface area contributed by atoms with E-state index in [1.807, 2.05) is 6.07 Å². The molecule has 1 aromatic carbocycles. The molecule has 0 radical (unpaired) electrons. The van der Waals surface area contributed by atoms with Crippen LogP contribution in [0.3, 0.4) is 0 Å². The van der Waals surface area contributed by atoms with Crippen LogP contribution in [0.4, 0.5) is 9.59 Å². The zero-order chi connectivity index (χ0) is 23.5. The zero-order valence-electron chi connectivity index (χ0n) is 19.7. The topological polar surface area (TPSA) is 96.3 Å². The van der Waals surface area contributed by atoms with Crippen molar-refractivity contribution in [2.75, 3.05) is 0 Å². The van der Waals surface area contributed by atoms with E-state index in [0.717, 1.165) is 10.5 Å². The number of amides is 2. The molecule has 0 saturated heterocycles. The number of nitrogens with zero attached hydrogens (tertiary/aromatic N) is 1. The lowest BCUT2D eigenvalue weighted by molar-refractivity contribution is -0.118. The highest BCUT2D eigenvalue weighted by Gasteiger charge is 2.37. The monoisotopic (exact) mass is 423 g/mol. The van der Waals surface area contributed by atoms with Gasteiger partial charge in [-0.3, -0.25) is 0 Å². The molecule has 2 N–H and O–H groups in total. The fourth-order valence-corrected chi connectivity index (χ4v) is 2.47. The summed E-state index contributed by atoms with van der Waals surface area (Å²) in [5, 5.41) is 20.8. The maximum Gasteiger partial charge on any atom is 0.420 e. The SMILES string of the molecule is CC(C)(C)OC(=O)N(Cc1cccc(CC(C)(O)C(C)(C)O)c1)C(=O)OC(C)(C)C. The lowest BCUT2D eigenvalue weighted by Crippen LogP contribution is -2.49. The lowest BCUT2D eigenvalue weighted by Gasteiger charge is -2.35. The molecule has 7 nitrogen and oxygen atoms in total. The molecule has 0 fully saturated rings. The van der Waals surface area contributed by atoms with Gasteiger partial charge in [-0.05, 0) is 73.4 Å². The van der Waals surface area contributed by atoms with E-state index in [4.69, 9.17) is 9.47 Å². The molecule has 0 spiro atoms. The van der Waals surface area contributed by atoms with Gasteiger partial charge in [-0.1, -0.05) is 24.3 Å². The average molecular weight is 424 g/mol. The van der Waals surface area contributed by atoms with Gasteiger partial charge in [-0.2, -0.15) is 0 Å². The second-order valence-electron chi connectivity index (χ2n) is 10.4. The summed E-state index contributed by atoms with van der Waals surface area (Å²) < 4.78 is 10.8. The van der Waals surface area contributed by atoms with Gasteiger partial charge in [0.15, 0.2) is 0 Å². The maximum atomic E-state index is 12.7. The number of imide groups is 1. The zero-order valence-corrected chi connectivity index (χ0v) is 19.7. The van der Waals surface area contributed by atoms with Gasteiger partial charge in [-0.15, -0.1) is 0 Å². The van der Waals surface area contributed by atoms with E-state index in [0.29, 0.717) is 5.56 Å². The Morgan fingerprint density at radius 2 is 1.27 bits per heavy atom. The molecule has 0 saturated carbocycles. The number of ether oxygens (including phenoxy) is 2. The summed E-state index contributed by atoms with van der Waals surface area (Å²) in [5.41, 5.74) is -2.79. The van der Waals surface area contributed by atoms with Crippen LogP contribution in [0.25, 0.3) is 0 Å². The van der Waals surface area contributed by atoms with Crippen molar-refractivity contribution in [2.24, 2.45) is 0 Å². The van der Waals surface area contributed by atoms with Crippen LogP contribution in [-0.2, 0) is 22.4 Å². The first-order chi connectivity index (χ1) is 13.3. The number of carbonyl (C=O) groups is 2. The van der Waals surface area contributed by atoms with Crippen LogP contribution in [0.1, 0.15) is 73.4 Å². The first-order valence-corrected chi connectivity index (χ1v) is 10.1. The second-order valence-corrected chi connectivity index (χ2v) is 10.4. The Kier molecular flexibility index (Phi) is 7.72. The van der Waals surface area contributed by atoms with Crippen molar-refractivity contribution in [1.29, 1.82) is 0 Å². The van der Waals surface area contributed by atoms with E-state index >= 15 is 0 Å². The van der Waals surface area contributed by atoms with Crippen LogP contribution in [0.15, 0.2) is 24.3 Å². The Bertz CT molecular complexity index is 722. The molecule has 170 valence electrons. The molecule has 2 amide bonds. The van der Waals surface area contributed by atoms with Gasteiger partial charge in [0.05, 0.1) is 17.7 Å². The highest BCUT2D eigenvalue weighted by atomic mass is 16.6. The van der Waals surface area contributed by atoms with Crippen molar-refractivity contribution in [2.45, 2.75) is 97.7 Å². The lowest BCUT2D eigenvalue weighted by atomic mass is 9.82. The summed E-state index contributed by atoms with van der Waals surface area (Å²) in [4.78, 5) is 26.3. The van der Waals surface area contributed by atoms with E-state index < -0.39 is 34.6 Å². The third-order valence-corrected chi connectivity index (χ3v) is 4.43. The summed E-state index contributed by atoms with van der Waals surface area (Å²) in [7, 11) is 0. The van der Waals surface area contributed by atoms with Crippen LogP contribution >= 0.6 is 0 Å². The van der Waals surface area contributed by atoms with Crippen molar-refractivity contribution in [3.05, 3.63) is 35.4 Å². The number of rotatable bonds is 5. The van der Waals surface area contributed by atoms with Gasteiger partial charge < -0.3 is 19.7 Å². The Labute approximate surface area is 180 Å². The molecule has 1 unspecified atom stereocenters. The predicted octanol–water partition coefficient (Wildman–Crippen LogP) is 4.42. The van der Waals surface area contributed by atoms with Gasteiger partial charge in [-0.25, -0.2) is 14.5 Å². The van der Waals surface area contributed by atoms with Crippen molar-refractivity contribution < 1.29 is 29.3 Å². The molecule has 30 heavy (non-hydrogen) atoms. The van der Waals surface area contributed by atoms with E-state index in [2.05, 4.69) is 0 Å². The van der Waals surface area contributed by atoms with E-state index in [-0.39, 0.29) is 13.0 Å². The van der Waals surface area contributed by atoms with Crippen LogP contribution in [0, 0.1) is 0 Å². The van der Waals surface area contributed by atoms with Crippen molar-refractivity contribution >= 4 is 12.2 Å². The maximum absolute atomic E-state index is 12.7. The van der Waals surface area contributed by atoms with Crippen molar-refractivity contribution in [3.8, 4) is 0 Å². The van der Waals surface area contributed by atoms with Crippen molar-refractivity contribution in [1.82, 2.24) is 4.90 Å². The Hall–Kier alpha value is -2.12. The highest BCUT2D eigenvalue weighted by Crippen LogP contribution is 2.26. The number of carbonyl (C=O) groups excluding carboxylic acids is 2. The summed E-state index contributed by atoms with van der Waals surface area (Å²) in [5.74, 6) is 0. The van der Waals surface area contributed by atoms with Crippen molar-refractivity contribution in [3.63, 3.8) is 0 Å². The highest BCUT2D eigenvalue weighted by molar-refractivity contribution is 5.88. The van der Waals surface area contributed by atoms with Crippen LogP contribution in [0.5, 0.6) is 0 Å². The molecule has 0 aromatic heterocycles. The summed E-state index contributed by atoms with van der Waals surface area (Å²) in [6.07, 6.45) is -1.40. The predicted molar refractivity (Wildman–Crippen MR) is 115 cm³/mol.